The molecule has 0 fully saturated rings. The number of aromatic nitrogens is 1. The van der Waals surface area contributed by atoms with Crippen LogP contribution in [0.2, 0.25) is 0 Å². The molecule has 1 heterocycles. The Balaban J connectivity index is 2.75. The van der Waals surface area contributed by atoms with Crippen LogP contribution in [0.25, 0.3) is 10.9 Å². The van der Waals surface area contributed by atoms with Gasteiger partial charge in [0.15, 0.2) is 0 Å². The van der Waals surface area contributed by atoms with Gasteiger partial charge in [-0.3, -0.25) is 0 Å². The van der Waals surface area contributed by atoms with Gasteiger partial charge in [-0.05, 0) is 23.8 Å². The number of hydrogen-bond acceptors (Lipinski definition) is 2. The number of hydrogen-bond donors (Lipinski definition) is 1. The molecule has 0 atom stereocenters. The van der Waals surface area contributed by atoms with Gasteiger partial charge in [-0.2, -0.15) is 0 Å². The molecule has 0 unspecified atom stereocenters. The van der Waals surface area contributed by atoms with Crippen molar-refractivity contribution in [1.82, 2.24) is 4.98 Å². The van der Waals surface area contributed by atoms with Crippen LogP contribution in [0.4, 0.5) is 4.39 Å². The van der Waals surface area contributed by atoms with Gasteiger partial charge in [-0.1, -0.05) is 0 Å². The van der Waals surface area contributed by atoms with Crippen molar-refractivity contribution in [2.45, 2.75) is 0 Å². The van der Waals surface area contributed by atoms with Crippen molar-refractivity contribution in [2.24, 2.45) is 0 Å². The third kappa shape index (κ3) is 1.60. The van der Waals surface area contributed by atoms with Crippen LogP contribution in [0.5, 0.6) is 0 Å². The van der Waals surface area contributed by atoms with Crippen molar-refractivity contribution in [2.75, 3.05) is 7.11 Å². The lowest BCUT2D eigenvalue weighted by molar-refractivity contribution is 0.0602. The molecule has 1 aromatic carbocycles. The molecule has 0 spiro atoms. The maximum absolute atomic E-state index is 13.1. The molecule has 2 aromatic rings. The molecule has 2 radical (unpaired) electrons. The molecule has 0 saturated carbocycles. The van der Waals surface area contributed by atoms with Crippen LogP contribution in [0, 0.1) is 5.82 Å². The van der Waals surface area contributed by atoms with Gasteiger partial charge in [-0.25, -0.2) is 9.18 Å². The predicted molar refractivity (Wildman–Crippen MR) is 55.0 cm³/mol. The molecule has 3 nitrogen and oxygen atoms in total. The van der Waals surface area contributed by atoms with E-state index in [2.05, 4.69) is 9.72 Å². The molecule has 0 aliphatic carbocycles. The van der Waals surface area contributed by atoms with Gasteiger partial charge in [0.25, 0.3) is 0 Å². The molecule has 74 valence electrons. The number of carbonyl (C=O) groups is 1. The first-order valence-corrected chi connectivity index (χ1v) is 4.28. The molecule has 0 aliphatic rings. The van der Waals surface area contributed by atoms with Crippen LogP contribution < -0.4 is 5.59 Å². The predicted octanol–water partition coefficient (Wildman–Crippen LogP) is 0.887. The van der Waals surface area contributed by atoms with Crippen LogP contribution in [0.15, 0.2) is 18.2 Å². The molecule has 0 amide bonds. The number of esters is 1. The Bertz CT molecular complexity index is 535. The Morgan fingerprint density at radius 1 is 1.47 bits per heavy atom. The summed E-state index contributed by atoms with van der Waals surface area (Å²) in [5.41, 5.74) is 1.02. The Labute approximate surface area is 86.6 Å². The second kappa shape index (κ2) is 3.42. The number of nitrogens with one attached hydrogen (secondary N) is 1. The highest BCUT2D eigenvalue weighted by Crippen LogP contribution is 2.19. The summed E-state index contributed by atoms with van der Waals surface area (Å²) < 4.78 is 17.7. The van der Waals surface area contributed by atoms with E-state index in [1.807, 2.05) is 0 Å². The van der Waals surface area contributed by atoms with Gasteiger partial charge >= 0.3 is 5.97 Å². The molecule has 0 aliphatic heterocycles. The van der Waals surface area contributed by atoms with E-state index in [1.165, 1.54) is 13.2 Å². The van der Waals surface area contributed by atoms with Crippen molar-refractivity contribution >= 4 is 30.3 Å². The Kier molecular flexibility index (Phi) is 2.23. The molecule has 0 bridgehead atoms. The minimum absolute atomic E-state index is 0.167. The number of fused-ring (bicyclic) bond motifs is 1. The highest BCUT2D eigenvalue weighted by Gasteiger charge is 2.13. The topological polar surface area (TPSA) is 42.1 Å². The van der Waals surface area contributed by atoms with Crippen molar-refractivity contribution < 1.29 is 13.9 Å². The first kappa shape index (κ1) is 9.77. The van der Waals surface area contributed by atoms with Gasteiger partial charge in [0.2, 0.25) is 0 Å². The first-order valence-electron chi connectivity index (χ1n) is 4.28. The zero-order valence-electron chi connectivity index (χ0n) is 8.00. The quantitative estimate of drug-likeness (QED) is 0.552. The minimum atomic E-state index is -0.585. The number of carbonyl (C=O) groups excluding carboxylic acids is 1. The van der Waals surface area contributed by atoms with Crippen LogP contribution in [0.3, 0.4) is 0 Å². The average molecular weight is 203 g/mol. The Morgan fingerprint density at radius 2 is 2.20 bits per heavy atom. The molecule has 1 aromatic heterocycles. The monoisotopic (exact) mass is 203 g/mol. The van der Waals surface area contributed by atoms with Gasteiger partial charge in [-0.15, -0.1) is 0 Å². The molecule has 5 heteroatoms. The van der Waals surface area contributed by atoms with E-state index < -0.39 is 11.8 Å². The van der Waals surface area contributed by atoms with E-state index in [0.717, 1.165) is 6.07 Å². The van der Waals surface area contributed by atoms with E-state index in [-0.39, 0.29) is 5.56 Å². The largest absolute Gasteiger partial charge is 0.465 e. The summed E-state index contributed by atoms with van der Waals surface area (Å²) in [5.74, 6) is -1.09. The Hall–Kier alpha value is -1.78. The summed E-state index contributed by atoms with van der Waals surface area (Å²) in [6, 6.07) is 3.97. The van der Waals surface area contributed by atoms with Crippen LogP contribution in [0.1, 0.15) is 10.4 Å². The number of benzene rings is 1. The summed E-state index contributed by atoms with van der Waals surface area (Å²) in [6.07, 6.45) is 0. The SMILES string of the molecule is [B]c1cc2c(C(=O)OC)cc(F)cc2[nH]1. The van der Waals surface area contributed by atoms with E-state index in [4.69, 9.17) is 7.85 Å². The fraction of sp³-hybridized carbons (Fsp3) is 0.100. The number of rotatable bonds is 1. The zero-order chi connectivity index (χ0) is 11.0. The maximum Gasteiger partial charge on any atom is 0.338 e. The van der Waals surface area contributed by atoms with Crippen molar-refractivity contribution in [3.05, 3.63) is 29.6 Å². The summed E-state index contributed by atoms with van der Waals surface area (Å²) in [4.78, 5) is 14.1. The highest BCUT2D eigenvalue weighted by atomic mass is 19.1. The lowest BCUT2D eigenvalue weighted by Crippen LogP contribution is -2.02. The number of halogens is 1. The lowest BCUT2D eigenvalue weighted by atomic mass is 10.0. The zero-order valence-corrected chi connectivity index (χ0v) is 8.00. The normalized spacial score (nSPS) is 10.5. The highest BCUT2D eigenvalue weighted by molar-refractivity contribution is 6.32. The van der Waals surface area contributed by atoms with Gasteiger partial charge < -0.3 is 9.72 Å². The fourth-order valence-corrected chi connectivity index (χ4v) is 1.50. The smallest absolute Gasteiger partial charge is 0.338 e. The van der Waals surface area contributed by atoms with Gasteiger partial charge in [0.1, 0.15) is 13.7 Å². The third-order valence-corrected chi connectivity index (χ3v) is 2.13. The molecular formula is C10H7BFNO2. The Morgan fingerprint density at radius 3 is 2.87 bits per heavy atom. The second-order valence-corrected chi connectivity index (χ2v) is 3.13. The number of methoxy groups -OCH3 is 1. The number of ether oxygens (including phenoxy) is 1. The molecule has 1 N–H and O–H groups in total. The summed E-state index contributed by atoms with van der Waals surface area (Å²) in [7, 11) is 6.77. The van der Waals surface area contributed by atoms with E-state index in [1.54, 1.807) is 6.07 Å². The standard InChI is InChI=1S/C10H7BFNO2/c1-15-10(14)7-2-5(12)3-8-6(7)4-9(11)13-8/h2-4,13H,1H3. The van der Waals surface area contributed by atoms with Crippen molar-refractivity contribution in [3.63, 3.8) is 0 Å². The number of H-pyrrole nitrogens is 1. The lowest BCUT2D eigenvalue weighted by Gasteiger charge is -2.01. The molecular weight excluding hydrogens is 196 g/mol. The summed E-state index contributed by atoms with van der Waals surface area (Å²) in [6.45, 7) is 0. The minimum Gasteiger partial charge on any atom is -0.465 e. The molecule has 15 heavy (non-hydrogen) atoms. The number of aromatic amines is 1. The average Bonchev–Trinajstić information content (AvgIpc) is 2.55. The third-order valence-electron chi connectivity index (χ3n) is 2.13. The first-order chi connectivity index (χ1) is 7.11. The van der Waals surface area contributed by atoms with E-state index in [0.29, 0.717) is 16.5 Å². The van der Waals surface area contributed by atoms with Crippen LogP contribution >= 0.6 is 0 Å². The second-order valence-electron chi connectivity index (χ2n) is 3.13. The van der Waals surface area contributed by atoms with E-state index in [9.17, 15) is 9.18 Å². The summed E-state index contributed by atoms with van der Waals surface area (Å²) in [5, 5.41) is 0.556. The summed E-state index contributed by atoms with van der Waals surface area (Å²) >= 11 is 0. The fourth-order valence-electron chi connectivity index (χ4n) is 1.50. The van der Waals surface area contributed by atoms with Gasteiger partial charge in [0.05, 0.1) is 12.7 Å². The van der Waals surface area contributed by atoms with Crippen LogP contribution in [-0.2, 0) is 4.74 Å². The molecule has 2 rings (SSSR count). The van der Waals surface area contributed by atoms with Gasteiger partial charge in [0, 0.05) is 10.9 Å². The van der Waals surface area contributed by atoms with Crippen molar-refractivity contribution in [3.8, 4) is 0 Å². The van der Waals surface area contributed by atoms with Crippen molar-refractivity contribution in [1.29, 1.82) is 0 Å². The van der Waals surface area contributed by atoms with E-state index >= 15 is 0 Å². The van der Waals surface area contributed by atoms with Crippen LogP contribution in [-0.4, -0.2) is 25.9 Å². The maximum atomic E-state index is 13.1. The molecule has 0 saturated heterocycles.